The van der Waals surface area contributed by atoms with E-state index in [0.29, 0.717) is 22.5 Å². The van der Waals surface area contributed by atoms with E-state index < -0.39 is 11.7 Å². The zero-order valence-corrected chi connectivity index (χ0v) is 14.0. The van der Waals surface area contributed by atoms with Crippen molar-refractivity contribution < 1.29 is 13.2 Å². The summed E-state index contributed by atoms with van der Waals surface area (Å²) in [4.78, 5) is 19.4. The molecule has 0 unspecified atom stereocenters. The molecular formula is C20H14F3N3O. The minimum Gasteiger partial charge on any atom is -0.328 e. The van der Waals surface area contributed by atoms with Crippen LogP contribution >= 0.6 is 0 Å². The number of para-hydroxylation sites is 2. The average Bonchev–Trinajstić information content (AvgIpc) is 3.00. The van der Waals surface area contributed by atoms with Crippen LogP contribution in [0.15, 0.2) is 71.7 Å². The largest absolute Gasteiger partial charge is 0.416 e. The zero-order valence-electron chi connectivity index (χ0n) is 14.0. The molecule has 0 atom stereocenters. The molecule has 0 aliphatic heterocycles. The number of nitrogens with one attached hydrogen (secondary N) is 1. The van der Waals surface area contributed by atoms with Crippen molar-refractivity contribution in [2.45, 2.75) is 12.7 Å². The maximum Gasteiger partial charge on any atom is 0.416 e. The molecule has 0 aliphatic carbocycles. The summed E-state index contributed by atoms with van der Waals surface area (Å²) in [6, 6.07) is 15.8. The van der Waals surface area contributed by atoms with Gasteiger partial charge in [-0.25, -0.2) is 4.98 Å². The van der Waals surface area contributed by atoms with Gasteiger partial charge in [0.25, 0.3) is 5.56 Å². The normalized spacial score (nSPS) is 11.8. The van der Waals surface area contributed by atoms with E-state index in [2.05, 4.69) is 9.97 Å². The van der Waals surface area contributed by atoms with Gasteiger partial charge >= 0.3 is 6.18 Å². The summed E-state index contributed by atoms with van der Waals surface area (Å²) in [5.74, 6) is 0.412. The highest BCUT2D eigenvalue weighted by Crippen LogP contribution is 2.30. The first kappa shape index (κ1) is 17.1. The van der Waals surface area contributed by atoms with E-state index in [4.69, 9.17) is 0 Å². The minimum absolute atomic E-state index is 0.161. The highest BCUT2D eigenvalue weighted by atomic mass is 19.4. The Labute approximate surface area is 151 Å². The highest BCUT2D eigenvalue weighted by molar-refractivity contribution is 5.80. The standard InChI is InChI=1S/C20H14F3N3O/c21-20(22,23)14-6-3-5-13(11-14)12-26-17-9-2-1-8-16(17)25-18(26)15-7-4-10-24-19(15)27/h1-11H,12H2,(H,24,27). The predicted molar refractivity (Wildman–Crippen MR) is 96.3 cm³/mol. The minimum atomic E-state index is -4.41. The number of H-pyrrole nitrogens is 1. The third-order valence-electron chi connectivity index (χ3n) is 4.31. The molecule has 27 heavy (non-hydrogen) atoms. The predicted octanol–water partition coefficient (Wildman–Crippen LogP) is 4.46. The zero-order chi connectivity index (χ0) is 19.0. The second kappa shape index (κ2) is 6.42. The molecule has 4 nitrogen and oxygen atoms in total. The monoisotopic (exact) mass is 369 g/mol. The molecule has 0 amide bonds. The van der Waals surface area contributed by atoms with Crippen molar-refractivity contribution in [1.29, 1.82) is 0 Å². The number of benzene rings is 2. The summed E-state index contributed by atoms with van der Waals surface area (Å²) in [6.45, 7) is 0.161. The molecule has 136 valence electrons. The van der Waals surface area contributed by atoms with E-state index in [-0.39, 0.29) is 12.1 Å². The van der Waals surface area contributed by atoms with Crippen LogP contribution in [-0.2, 0) is 12.7 Å². The van der Waals surface area contributed by atoms with Crippen molar-refractivity contribution >= 4 is 11.0 Å². The lowest BCUT2D eigenvalue weighted by Gasteiger charge is -2.12. The smallest absolute Gasteiger partial charge is 0.328 e. The molecule has 1 N–H and O–H groups in total. The first-order valence-electron chi connectivity index (χ1n) is 8.23. The molecule has 2 heterocycles. The van der Waals surface area contributed by atoms with Gasteiger partial charge in [-0.1, -0.05) is 24.3 Å². The lowest BCUT2D eigenvalue weighted by Crippen LogP contribution is -2.12. The fraction of sp³-hybridized carbons (Fsp3) is 0.100. The van der Waals surface area contributed by atoms with Crippen LogP contribution in [0.4, 0.5) is 13.2 Å². The number of halogens is 3. The Hall–Kier alpha value is -3.35. The first-order valence-corrected chi connectivity index (χ1v) is 8.23. The average molecular weight is 369 g/mol. The Bertz CT molecular complexity index is 1170. The van der Waals surface area contributed by atoms with Gasteiger partial charge in [-0.2, -0.15) is 13.2 Å². The Morgan fingerprint density at radius 3 is 2.59 bits per heavy atom. The van der Waals surface area contributed by atoms with Gasteiger partial charge in [0.2, 0.25) is 0 Å². The molecule has 0 fully saturated rings. The second-order valence-corrected chi connectivity index (χ2v) is 6.12. The number of rotatable bonds is 3. The number of fused-ring (bicyclic) bond motifs is 1. The SMILES string of the molecule is O=c1[nH]cccc1-c1nc2ccccc2n1Cc1cccc(C(F)(F)F)c1. The van der Waals surface area contributed by atoms with Gasteiger partial charge in [-0.3, -0.25) is 4.79 Å². The number of hydrogen-bond donors (Lipinski definition) is 1. The summed E-state index contributed by atoms with van der Waals surface area (Å²) in [6.07, 6.45) is -2.89. The molecule has 0 radical (unpaired) electrons. The van der Waals surface area contributed by atoms with Gasteiger partial charge in [-0.15, -0.1) is 0 Å². The van der Waals surface area contributed by atoms with Crippen LogP contribution in [0.2, 0.25) is 0 Å². The maximum atomic E-state index is 13.0. The van der Waals surface area contributed by atoms with Gasteiger partial charge in [0.15, 0.2) is 0 Å². The Morgan fingerprint density at radius 2 is 1.81 bits per heavy atom. The van der Waals surface area contributed by atoms with E-state index in [0.717, 1.165) is 17.6 Å². The van der Waals surface area contributed by atoms with Gasteiger partial charge in [0.05, 0.1) is 22.2 Å². The fourth-order valence-corrected chi connectivity index (χ4v) is 3.07. The number of pyridine rings is 1. The molecule has 4 aromatic rings. The van der Waals surface area contributed by atoms with Crippen molar-refractivity contribution in [3.63, 3.8) is 0 Å². The summed E-state index contributed by atoms with van der Waals surface area (Å²) in [5.41, 5.74) is 1.24. The first-order chi connectivity index (χ1) is 12.9. The highest BCUT2D eigenvalue weighted by Gasteiger charge is 2.30. The van der Waals surface area contributed by atoms with Gasteiger partial charge < -0.3 is 9.55 Å². The number of nitrogens with zero attached hydrogens (tertiary/aromatic N) is 2. The third-order valence-corrected chi connectivity index (χ3v) is 4.31. The Kier molecular flexibility index (Phi) is 4.07. The number of aromatic nitrogens is 3. The van der Waals surface area contributed by atoms with E-state index in [1.54, 1.807) is 28.8 Å². The summed E-state index contributed by atoms with van der Waals surface area (Å²) >= 11 is 0. The molecule has 0 saturated carbocycles. The number of imidazole rings is 1. The third kappa shape index (κ3) is 3.23. The van der Waals surface area contributed by atoms with Crippen LogP contribution < -0.4 is 5.56 Å². The molecule has 0 bridgehead atoms. The maximum absolute atomic E-state index is 13.0. The molecule has 4 rings (SSSR count). The van der Waals surface area contributed by atoms with Gasteiger partial charge in [-0.05, 0) is 42.0 Å². The molecule has 0 saturated heterocycles. The Morgan fingerprint density at radius 1 is 1.00 bits per heavy atom. The van der Waals surface area contributed by atoms with E-state index >= 15 is 0 Å². The topological polar surface area (TPSA) is 50.7 Å². The molecule has 7 heteroatoms. The van der Waals surface area contributed by atoms with Crippen LogP contribution in [-0.4, -0.2) is 14.5 Å². The molecule has 2 aromatic heterocycles. The van der Waals surface area contributed by atoms with Crippen molar-refractivity contribution in [3.05, 3.63) is 88.3 Å². The number of aromatic amines is 1. The molecule has 0 spiro atoms. The van der Waals surface area contributed by atoms with Crippen LogP contribution in [0.25, 0.3) is 22.4 Å². The van der Waals surface area contributed by atoms with Crippen molar-refractivity contribution in [3.8, 4) is 11.4 Å². The molecule has 2 aromatic carbocycles. The van der Waals surface area contributed by atoms with Crippen molar-refractivity contribution in [2.75, 3.05) is 0 Å². The second-order valence-electron chi connectivity index (χ2n) is 6.12. The van der Waals surface area contributed by atoms with E-state index in [1.807, 2.05) is 18.2 Å². The molecular weight excluding hydrogens is 355 g/mol. The number of hydrogen-bond acceptors (Lipinski definition) is 2. The molecule has 0 aliphatic rings. The van der Waals surface area contributed by atoms with Crippen LogP contribution in [0.3, 0.4) is 0 Å². The summed E-state index contributed by atoms with van der Waals surface area (Å²) < 4.78 is 40.9. The van der Waals surface area contributed by atoms with Crippen LogP contribution in [0.5, 0.6) is 0 Å². The summed E-state index contributed by atoms with van der Waals surface area (Å²) in [5, 5.41) is 0. The van der Waals surface area contributed by atoms with Crippen LogP contribution in [0, 0.1) is 0 Å². The van der Waals surface area contributed by atoms with E-state index in [1.165, 1.54) is 12.3 Å². The van der Waals surface area contributed by atoms with Crippen molar-refractivity contribution in [2.24, 2.45) is 0 Å². The summed E-state index contributed by atoms with van der Waals surface area (Å²) in [7, 11) is 0. The van der Waals surface area contributed by atoms with E-state index in [9.17, 15) is 18.0 Å². The van der Waals surface area contributed by atoms with Crippen LogP contribution in [0.1, 0.15) is 11.1 Å². The lowest BCUT2D eigenvalue weighted by molar-refractivity contribution is -0.137. The Balaban J connectivity index is 1.88. The number of alkyl halides is 3. The van der Waals surface area contributed by atoms with Gasteiger partial charge in [0.1, 0.15) is 5.82 Å². The van der Waals surface area contributed by atoms with Crippen molar-refractivity contribution in [1.82, 2.24) is 14.5 Å². The lowest BCUT2D eigenvalue weighted by atomic mass is 10.1. The van der Waals surface area contributed by atoms with Gasteiger partial charge in [0, 0.05) is 12.7 Å². The fourth-order valence-electron chi connectivity index (χ4n) is 3.07. The quantitative estimate of drug-likeness (QED) is 0.580.